The van der Waals surface area contributed by atoms with Crippen LogP contribution in [0.15, 0.2) is 35.0 Å². The molecular formula is C15H11F2N5O3S. The molecule has 2 heterocycles. The van der Waals surface area contributed by atoms with Crippen LogP contribution in [0.2, 0.25) is 0 Å². The fourth-order valence-corrected chi connectivity index (χ4v) is 2.54. The van der Waals surface area contributed by atoms with E-state index in [0.29, 0.717) is 11.9 Å². The number of anilines is 1. The van der Waals surface area contributed by atoms with E-state index in [4.69, 9.17) is 4.74 Å². The topological polar surface area (TPSA) is 99.0 Å². The Labute approximate surface area is 149 Å². The maximum Gasteiger partial charge on any atom is 0.330 e. The standard InChI is InChI=1S/C15H11F2N5O3S/c16-10-1-2-12(11(17)5-10)18-13(23)7-25-14(24)6-22-20-15(19-21-22)9-3-4-26-8-9/h1-5,8H,6-7H2,(H,18,23). The van der Waals surface area contributed by atoms with Crippen LogP contribution in [0.25, 0.3) is 11.4 Å². The van der Waals surface area contributed by atoms with Crippen LogP contribution in [0.1, 0.15) is 0 Å². The lowest BCUT2D eigenvalue weighted by molar-refractivity contribution is -0.148. The fraction of sp³-hybridized carbons (Fsp3) is 0.133. The van der Waals surface area contributed by atoms with Crippen molar-refractivity contribution in [3.05, 3.63) is 46.7 Å². The third-order valence-electron chi connectivity index (χ3n) is 3.07. The number of amides is 1. The highest BCUT2D eigenvalue weighted by Gasteiger charge is 2.13. The molecule has 0 aliphatic rings. The van der Waals surface area contributed by atoms with E-state index in [1.807, 2.05) is 16.8 Å². The molecule has 0 atom stereocenters. The summed E-state index contributed by atoms with van der Waals surface area (Å²) in [5.41, 5.74) is 0.557. The quantitative estimate of drug-likeness (QED) is 0.657. The number of hydrogen-bond acceptors (Lipinski definition) is 7. The number of carbonyl (C=O) groups is 2. The average molecular weight is 379 g/mol. The lowest BCUT2D eigenvalue weighted by Crippen LogP contribution is -2.24. The number of nitrogens with one attached hydrogen (secondary N) is 1. The summed E-state index contributed by atoms with van der Waals surface area (Å²) < 4.78 is 31.0. The summed E-state index contributed by atoms with van der Waals surface area (Å²) in [6.45, 7) is -0.975. The van der Waals surface area contributed by atoms with Gasteiger partial charge in [-0.1, -0.05) is 0 Å². The molecule has 11 heteroatoms. The van der Waals surface area contributed by atoms with Crippen molar-refractivity contribution in [1.29, 1.82) is 0 Å². The number of tetrazole rings is 1. The second-order valence-electron chi connectivity index (χ2n) is 4.99. The van der Waals surface area contributed by atoms with Crippen molar-refractivity contribution >= 4 is 28.9 Å². The Morgan fingerprint density at radius 3 is 2.85 bits per heavy atom. The molecule has 1 amide bonds. The lowest BCUT2D eigenvalue weighted by atomic mass is 10.3. The van der Waals surface area contributed by atoms with Gasteiger partial charge in [0, 0.05) is 17.0 Å². The summed E-state index contributed by atoms with van der Waals surface area (Å²) >= 11 is 1.47. The van der Waals surface area contributed by atoms with Crippen LogP contribution in [0.3, 0.4) is 0 Å². The van der Waals surface area contributed by atoms with Crippen LogP contribution in [0.4, 0.5) is 14.5 Å². The molecule has 3 aromatic rings. The predicted molar refractivity (Wildman–Crippen MR) is 87.1 cm³/mol. The van der Waals surface area contributed by atoms with Gasteiger partial charge >= 0.3 is 5.97 Å². The molecule has 1 N–H and O–H groups in total. The number of rotatable bonds is 6. The van der Waals surface area contributed by atoms with Gasteiger partial charge in [0.1, 0.15) is 11.6 Å². The van der Waals surface area contributed by atoms with Gasteiger partial charge in [0.05, 0.1) is 5.69 Å². The maximum absolute atomic E-state index is 13.4. The summed E-state index contributed by atoms with van der Waals surface area (Å²) in [7, 11) is 0. The first kappa shape index (κ1) is 17.6. The third kappa shape index (κ3) is 4.45. The second kappa shape index (κ2) is 7.78. The first-order valence-corrected chi connectivity index (χ1v) is 8.16. The van der Waals surface area contributed by atoms with Gasteiger partial charge in [0.2, 0.25) is 5.82 Å². The minimum Gasteiger partial charge on any atom is -0.454 e. The average Bonchev–Trinajstić information content (AvgIpc) is 3.27. The van der Waals surface area contributed by atoms with E-state index in [2.05, 4.69) is 20.7 Å². The van der Waals surface area contributed by atoms with Crippen molar-refractivity contribution < 1.29 is 23.1 Å². The first-order valence-electron chi connectivity index (χ1n) is 7.22. The van der Waals surface area contributed by atoms with E-state index in [1.54, 1.807) is 0 Å². The summed E-state index contributed by atoms with van der Waals surface area (Å²) in [6, 6.07) is 4.49. The minimum atomic E-state index is -0.933. The first-order chi connectivity index (χ1) is 12.5. The number of benzene rings is 1. The third-order valence-corrected chi connectivity index (χ3v) is 3.76. The number of hydrogen-bond donors (Lipinski definition) is 1. The van der Waals surface area contributed by atoms with Gasteiger partial charge in [-0.15, -0.1) is 10.2 Å². The van der Waals surface area contributed by atoms with Crippen LogP contribution < -0.4 is 5.32 Å². The zero-order valence-electron chi connectivity index (χ0n) is 13.1. The largest absolute Gasteiger partial charge is 0.454 e. The summed E-state index contributed by atoms with van der Waals surface area (Å²) in [5, 5.41) is 17.4. The van der Waals surface area contributed by atoms with Crippen LogP contribution in [-0.2, 0) is 20.9 Å². The number of aromatic nitrogens is 4. The molecule has 0 aliphatic heterocycles. The number of nitrogens with zero attached hydrogens (tertiary/aromatic N) is 4. The lowest BCUT2D eigenvalue weighted by Gasteiger charge is -2.07. The van der Waals surface area contributed by atoms with Crippen molar-refractivity contribution in [3.8, 4) is 11.4 Å². The van der Waals surface area contributed by atoms with Crippen LogP contribution >= 0.6 is 11.3 Å². The number of thiophene rings is 1. The molecule has 0 aliphatic carbocycles. The molecule has 1 aromatic carbocycles. The Morgan fingerprint density at radius 1 is 1.27 bits per heavy atom. The van der Waals surface area contributed by atoms with Gasteiger partial charge in [0.25, 0.3) is 5.91 Å². The zero-order chi connectivity index (χ0) is 18.5. The maximum atomic E-state index is 13.4. The van der Waals surface area contributed by atoms with Crippen LogP contribution in [0, 0.1) is 11.6 Å². The van der Waals surface area contributed by atoms with Crippen LogP contribution in [0.5, 0.6) is 0 Å². The minimum absolute atomic E-state index is 0.217. The fourth-order valence-electron chi connectivity index (χ4n) is 1.90. The molecule has 0 saturated carbocycles. The molecule has 0 bridgehead atoms. The van der Waals surface area contributed by atoms with Gasteiger partial charge in [0.15, 0.2) is 13.2 Å². The Bertz CT molecular complexity index is 929. The zero-order valence-corrected chi connectivity index (χ0v) is 13.9. The van der Waals surface area contributed by atoms with E-state index < -0.39 is 30.1 Å². The van der Waals surface area contributed by atoms with Crippen molar-refractivity contribution in [2.75, 3.05) is 11.9 Å². The van der Waals surface area contributed by atoms with Crippen molar-refractivity contribution in [1.82, 2.24) is 20.2 Å². The summed E-state index contributed by atoms with van der Waals surface area (Å²) in [6.07, 6.45) is 0. The van der Waals surface area contributed by atoms with E-state index >= 15 is 0 Å². The number of ether oxygens (including phenoxy) is 1. The molecule has 134 valence electrons. The van der Waals surface area contributed by atoms with Gasteiger partial charge < -0.3 is 10.1 Å². The van der Waals surface area contributed by atoms with E-state index in [0.717, 1.165) is 22.5 Å². The van der Waals surface area contributed by atoms with Gasteiger partial charge in [-0.05, 0) is 28.8 Å². The van der Waals surface area contributed by atoms with Gasteiger partial charge in [-0.3, -0.25) is 4.79 Å². The van der Waals surface area contributed by atoms with Crippen molar-refractivity contribution in [3.63, 3.8) is 0 Å². The molecule has 0 unspecified atom stereocenters. The molecule has 0 saturated heterocycles. The monoisotopic (exact) mass is 379 g/mol. The Balaban J connectivity index is 1.48. The predicted octanol–water partition coefficient (Wildman–Crippen LogP) is 1.86. The number of esters is 1. The van der Waals surface area contributed by atoms with E-state index in [1.165, 1.54) is 11.3 Å². The number of carbonyl (C=O) groups excluding carboxylic acids is 2. The molecule has 2 aromatic heterocycles. The van der Waals surface area contributed by atoms with Crippen molar-refractivity contribution in [2.24, 2.45) is 0 Å². The Kier molecular flexibility index (Phi) is 5.27. The highest BCUT2D eigenvalue weighted by Crippen LogP contribution is 2.16. The normalized spacial score (nSPS) is 10.5. The number of halogens is 2. The second-order valence-corrected chi connectivity index (χ2v) is 5.77. The van der Waals surface area contributed by atoms with Gasteiger partial charge in [-0.25, -0.2) is 13.6 Å². The Hall–Kier alpha value is -3.21. The smallest absolute Gasteiger partial charge is 0.330 e. The molecule has 3 rings (SSSR count). The summed E-state index contributed by atoms with van der Waals surface area (Å²) in [4.78, 5) is 24.4. The molecule has 26 heavy (non-hydrogen) atoms. The van der Waals surface area contributed by atoms with Crippen molar-refractivity contribution in [2.45, 2.75) is 6.54 Å². The highest BCUT2D eigenvalue weighted by atomic mass is 32.1. The highest BCUT2D eigenvalue weighted by molar-refractivity contribution is 7.08. The van der Waals surface area contributed by atoms with E-state index in [-0.39, 0.29) is 12.2 Å². The van der Waals surface area contributed by atoms with E-state index in [9.17, 15) is 18.4 Å². The molecular weight excluding hydrogens is 368 g/mol. The van der Waals surface area contributed by atoms with Gasteiger partial charge in [-0.2, -0.15) is 16.1 Å². The molecule has 0 spiro atoms. The molecule has 8 nitrogen and oxygen atoms in total. The molecule has 0 radical (unpaired) electrons. The van der Waals surface area contributed by atoms with Crippen LogP contribution in [-0.4, -0.2) is 38.7 Å². The summed E-state index contributed by atoms with van der Waals surface area (Å²) in [5.74, 6) is -2.88. The Morgan fingerprint density at radius 2 is 2.12 bits per heavy atom. The molecule has 0 fully saturated rings. The SMILES string of the molecule is O=C(COC(=O)Cn1nnc(-c2ccsc2)n1)Nc1ccc(F)cc1F.